The maximum absolute atomic E-state index is 13.6. The SMILES string of the molecule is COCCCN1C(=O)[C@H]2[C@H](C1=O)[C@H](C(=O)C(C)(C)C)N1c3ccc(Br)cc3C=C[C@H]21. The van der Waals surface area contributed by atoms with Gasteiger partial charge >= 0.3 is 0 Å². The molecule has 30 heavy (non-hydrogen) atoms. The highest BCUT2D eigenvalue weighted by atomic mass is 79.9. The average molecular weight is 475 g/mol. The molecule has 0 radical (unpaired) electrons. The molecule has 1 aromatic rings. The molecule has 0 saturated carbocycles. The van der Waals surface area contributed by atoms with Crippen LogP contribution < -0.4 is 4.90 Å². The number of likely N-dealkylation sites (tertiary alicyclic amines) is 1. The Morgan fingerprint density at radius 1 is 1.17 bits per heavy atom. The number of Topliss-reactive ketones (excluding diaryl/α,β-unsaturated/α-hetero) is 1. The van der Waals surface area contributed by atoms with E-state index in [1.807, 2.05) is 56.0 Å². The van der Waals surface area contributed by atoms with Gasteiger partial charge in [0, 0.05) is 35.8 Å². The normalized spacial score (nSPS) is 27.4. The average Bonchev–Trinajstić information content (AvgIpc) is 3.15. The quantitative estimate of drug-likeness (QED) is 0.483. The van der Waals surface area contributed by atoms with Gasteiger partial charge in [0.05, 0.1) is 17.9 Å². The molecular formula is C23H27BrN2O4. The Bertz CT molecular complexity index is 936. The van der Waals surface area contributed by atoms with Gasteiger partial charge in [-0.2, -0.15) is 0 Å². The molecule has 4 rings (SSSR count). The summed E-state index contributed by atoms with van der Waals surface area (Å²) in [5.41, 5.74) is 1.24. The van der Waals surface area contributed by atoms with Crippen LogP contribution in [0.25, 0.3) is 6.08 Å². The van der Waals surface area contributed by atoms with E-state index in [0.717, 1.165) is 15.7 Å². The number of halogens is 1. The molecule has 0 spiro atoms. The van der Waals surface area contributed by atoms with Crippen molar-refractivity contribution < 1.29 is 19.1 Å². The van der Waals surface area contributed by atoms with E-state index in [4.69, 9.17) is 4.74 Å². The zero-order chi connectivity index (χ0) is 21.8. The van der Waals surface area contributed by atoms with Gasteiger partial charge in [0.15, 0.2) is 5.78 Å². The number of benzene rings is 1. The molecule has 2 saturated heterocycles. The highest BCUT2D eigenvalue weighted by molar-refractivity contribution is 9.10. The third-order valence-electron chi connectivity index (χ3n) is 6.30. The van der Waals surface area contributed by atoms with Crippen LogP contribution in [0.4, 0.5) is 5.69 Å². The van der Waals surface area contributed by atoms with Crippen molar-refractivity contribution in [1.29, 1.82) is 0 Å². The molecule has 1 aromatic carbocycles. The number of ether oxygens (including phenoxy) is 1. The first-order valence-electron chi connectivity index (χ1n) is 10.3. The van der Waals surface area contributed by atoms with Crippen LogP contribution in [0.3, 0.4) is 0 Å². The van der Waals surface area contributed by atoms with Crippen LogP contribution in [-0.2, 0) is 19.1 Å². The van der Waals surface area contributed by atoms with E-state index < -0.39 is 23.3 Å². The highest BCUT2D eigenvalue weighted by Gasteiger charge is 2.64. The second-order valence-corrected chi connectivity index (χ2v) is 10.2. The predicted molar refractivity (Wildman–Crippen MR) is 118 cm³/mol. The van der Waals surface area contributed by atoms with Gasteiger partial charge in [-0.25, -0.2) is 0 Å². The number of anilines is 1. The maximum Gasteiger partial charge on any atom is 0.235 e. The van der Waals surface area contributed by atoms with Crippen LogP contribution in [-0.4, -0.2) is 54.8 Å². The minimum atomic E-state index is -0.659. The number of rotatable bonds is 5. The summed E-state index contributed by atoms with van der Waals surface area (Å²) in [6, 6.07) is 4.93. The molecule has 0 aromatic heterocycles. The Morgan fingerprint density at radius 3 is 2.53 bits per heavy atom. The van der Waals surface area contributed by atoms with Crippen molar-refractivity contribution in [3.8, 4) is 0 Å². The second-order valence-electron chi connectivity index (χ2n) is 9.25. The van der Waals surface area contributed by atoms with Gasteiger partial charge in [0.2, 0.25) is 11.8 Å². The Balaban J connectivity index is 1.78. The third-order valence-corrected chi connectivity index (χ3v) is 6.79. The molecular weight excluding hydrogens is 448 g/mol. The van der Waals surface area contributed by atoms with Crippen LogP contribution >= 0.6 is 15.9 Å². The Kier molecular flexibility index (Phi) is 5.39. The number of hydrogen-bond donors (Lipinski definition) is 0. The number of carbonyl (C=O) groups excluding carboxylic acids is 3. The molecule has 0 aliphatic carbocycles. The number of amides is 2. The Hall–Kier alpha value is -1.99. The highest BCUT2D eigenvalue weighted by Crippen LogP contribution is 2.50. The Morgan fingerprint density at radius 2 is 1.87 bits per heavy atom. The Labute approximate surface area is 185 Å². The lowest BCUT2D eigenvalue weighted by atomic mass is 9.79. The summed E-state index contributed by atoms with van der Waals surface area (Å²) in [7, 11) is 1.60. The molecule has 6 nitrogen and oxygen atoms in total. The summed E-state index contributed by atoms with van der Waals surface area (Å²) in [6.45, 7) is 6.43. The fraction of sp³-hybridized carbons (Fsp3) is 0.522. The zero-order valence-corrected chi connectivity index (χ0v) is 19.3. The van der Waals surface area contributed by atoms with Crippen molar-refractivity contribution in [3.05, 3.63) is 34.3 Å². The lowest BCUT2D eigenvalue weighted by Crippen LogP contribution is -2.51. The number of hydrogen-bond acceptors (Lipinski definition) is 5. The number of ketones is 1. The lowest BCUT2D eigenvalue weighted by molar-refractivity contribution is -0.142. The van der Waals surface area contributed by atoms with E-state index in [0.29, 0.717) is 19.6 Å². The van der Waals surface area contributed by atoms with E-state index >= 15 is 0 Å². The molecule has 0 N–H and O–H groups in total. The zero-order valence-electron chi connectivity index (χ0n) is 17.7. The summed E-state index contributed by atoms with van der Waals surface area (Å²) in [5.74, 6) is -1.61. The van der Waals surface area contributed by atoms with Gasteiger partial charge in [-0.1, -0.05) is 48.9 Å². The van der Waals surface area contributed by atoms with E-state index in [2.05, 4.69) is 15.9 Å². The number of fused-ring (bicyclic) bond motifs is 5. The van der Waals surface area contributed by atoms with Gasteiger partial charge in [-0.05, 0) is 30.2 Å². The molecule has 0 bridgehead atoms. The fourth-order valence-electron chi connectivity index (χ4n) is 4.94. The summed E-state index contributed by atoms with van der Waals surface area (Å²) in [6.07, 6.45) is 4.56. The van der Waals surface area contributed by atoms with Gasteiger partial charge in [0.25, 0.3) is 0 Å². The minimum Gasteiger partial charge on any atom is -0.385 e. The predicted octanol–water partition coefficient (Wildman–Crippen LogP) is 3.29. The largest absolute Gasteiger partial charge is 0.385 e. The van der Waals surface area contributed by atoms with E-state index in [-0.39, 0.29) is 23.6 Å². The molecule has 3 aliphatic rings. The van der Waals surface area contributed by atoms with Crippen LogP contribution in [0, 0.1) is 17.3 Å². The van der Waals surface area contributed by atoms with E-state index in [1.165, 1.54) is 4.90 Å². The number of nitrogens with zero attached hydrogens (tertiary/aromatic N) is 2. The second kappa shape index (κ2) is 7.61. The molecule has 2 amide bonds. The van der Waals surface area contributed by atoms with E-state index in [9.17, 15) is 14.4 Å². The minimum absolute atomic E-state index is 0.0101. The van der Waals surface area contributed by atoms with Crippen molar-refractivity contribution in [1.82, 2.24) is 4.90 Å². The number of carbonyl (C=O) groups is 3. The van der Waals surface area contributed by atoms with Crippen molar-refractivity contribution in [2.45, 2.75) is 39.3 Å². The number of methoxy groups -OCH3 is 1. The first kappa shape index (κ1) is 21.2. The smallest absolute Gasteiger partial charge is 0.235 e. The summed E-state index contributed by atoms with van der Waals surface area (Å²) < 4.78 is 6.02. The molecule has 160 valence electrons. The van der Waals surface area contributed by atoms with Crippen molar-refractivity contribution in [2.75, 3.05) is 25.2 Å². The summed E-state index contributed by atoms with van der Waals surface area (Å²) in [5, 5.41) is 0. The van der Waals surface area contributed by atoms with E-state index in [1.54, 1.807) is 7.11 Å². The molecule has 4 atom stereocenters. The van der Waals surface area contributed by atoms with Crippen LogP contribution in [0.1, 0.15) is 32.8 Å². The van der Waals surface area contributed by atoms with Crippen molar-refractivity contribution >= 4 is 45.3 Å². The maximum atomic E-state index is 13.6. The van der Waals surface area contributed by atoms with Gasteiger partial charge in [-0.3, -0.25) is 19.3 Å². The van der Waals surface area contributed by atoms with Crippen LogP contribution in [0.15, 0.2) is 28.7 Å². The molecule has 0 unspecified atom stereocenters. The topological polar surface area (TPSA) is 66.9 Å². The van der Waals surface area contributed by atoms with Gasteiger partial charge < -0.3 is 9.64 Å². The molecule has 3 aliphatic heterocycles. The standard InChI is InChI=1S/C23H27BrN2O4/c1-23(2,3)20(27)19-18-17(21(28)25(22(18)29)10-5-11-30-4)16-8-6-13-12-14(24)7-9-15(13)26(16)19/h6-9,12,16-19H,5,10-11H2,1-4H3/t16-,17-,18+,19-/m1/s1. The van der Waals surface area contributed by atoms with Crippen LogP contribution in [0.2, 0.25) is 0 Å². The molecule has 2 fully saturated rings. The van der Waals surface area contributed by atoms with Crippen LogP contribution in [0.5, 0.6) is 0 Å². The third kappa shape index (κ3) is 3.23. The van der Waals surface area contributed by atoms with Gasteiger partial charge in [0.1, 0.15) is 6.04 Å². The van der Waals surface area contributed by atoms with Crippen molar-refractivity contribution in [2.24, 2.45) is 17.3 Å². The first-order valence-corrected chi connectivity index (χ1v) is 11.1. The number of imide groups is 1. The fourth-order valence-corrected chi connectivity index (χ4v) is 5.32. The summed E-state index contributed by atoms with van der Waals surface area (Å²) >= 11 is 3.50. The van der Waals surface area contributed by atoms with Crippen molar-refractivity contribution in [3.63, 3.8) is 0 Å². The van der Waals surface area contributed by atoms with Gasteiger partial charge in [-0.15, -0.1) is 0 Å². The lowest BCUT2D eigenvalue weighted by Gasteiger charge is -2.38. The molecule has 3 heterocycles. The monoisotopic (exact) mass is 474 g/mol. The summed E-state index contributed by atoms with van der Waals surface area (Å²) in [4.78, 5) is 43.7. The molecule has 7 heteroatoms. The first-order chi connectivity index (χ1) is 14.2.